The quantitative estimate of drug-likeness (QED) is 0.189. The van der Waals surface area contributed by atoms with Crippen molar-refractivity contribution >= 4 is 52.3 Å². The fraction of sp³-hybridized carbons (Fsp3) is 0.256. The molecule has 5 aromatic rings. The SMILES string of the molecule is Cc1cnc(N2CC3(CCOCC3)C2)c(C(=O)Nc2ccc(C(=O)N3CCc4cc(C(=O)Nc5c(F)cccc5Cl)oc4-c4cccnc43)cc2)c1. The minimum Gasteiger partial charge on any atom is -0.450 e. The number of furan rings is 1. The van der Waals surface area contributed by atoms with E-state index in [2.05, 4.69) is 25.5 Å². The summed E-state index contributed by atoms with van der Waals surface area (Å²) in [5.41, 5.74) is 3.63. The second-order valence-corrected chi connectivity index (χ2v) is 13.9. The Bertz CT molecular complexity index is 2190. The number of hydrogen-bond donors (Lipinski definition) is 2. The van der Waals surface area contributed by atoms with Gasteiger partial charge in [-0.05, 0) is 92.4 Å². The smallest absolute Gasteiger partial charge is 0.291 e. The third-order valence-electron chi connectivity index (χ3n) is 9.91. The van der Waals surface area contributed by atoms with Gasteiger partial charge in [-0.1, -0.05) is 17.7 Å². The van der Waals surface area contributed by atoms with Crippen LogP contribution in [0.25, 0.3) is 11.3 Å². The molecule has 13 heteroatoms. The average molecular weight is 721 g/mol. The summed E-state index contributed by atoms with van der Waals surface area (Å²) in [4.78, 5) is 53.5. The molecule has 3 amide bonds. The van der Waals surface area contributed by atoms with E-state index in [4.69, 9.17) is 20.8 Å². The fourth-order valence-corrected chi connectivity index (χ4v) is 7.35. The van der Waals surface area contributed by atoms with E-state index in [1.807, 2.05) is 13.0 Å². The zero-order chi connectivity index (χ0) is 36.0. The highest BCUT2D eigenvalue weighted by Gasteiger charge is 2.45. The van der Waals surface area contributed by atoms with Gasteiger partial charge in [-0.2, -0.15) is 0 Å². The molecule has 0 radical (unpaired) electrons. The van der Waals surface area contributed by atoms with E-state index < -0.39 is 11.7 Å². The highest BCUT2D eigenvalue weighted by molar-refractivity contribution is 6.34. The van der Waals surface area contributed by atoms with Gasteiger partial charge >= 0.3 is 0 Å². The van der Waals surface area contributed by atoms with E-state index >= 15 is 0 Å². The molecule has 3 aromatic heterocycles. The number of aryl methyl sites for hydroxylation is 1. The van der Waals surface area contributed by atoms with Gasteiger partial charge in [-0.25, -0.2) is 14.4 Å². The van der Waals surface area contributed by atoms with E-state index in [-0.39, 0.29) is 40.2 Å². The van der Waals surface area contributed by atoms with Crippen molar-refractivity contribution in [3.8, 4) is 11.3 Å². The summed E-state index contributed by atoms with van der Waals surface area (Å²) in [6.07, 6.45) is 5.75. The van der Waals surface area contributed by atoms with Crippen molar-refractivity contribution in [3.05, 3.63) is 118 Å². The van der Waals surface area contributed by atoms with Gasteiger partial charge in [0.1, 0.15) is 23.2 Å². The molecule has 11 nitrogen and oxygen atoms in total. The number of para-hydroxylation sites is 1. The third-order valence-corrected chi connectivity index (χ3v) is 10.2. The molecule has 2 N–H and O–H groups in total. The molecule has 8 rings (SSSR count). The number of pyridine rings is 2. The second kappa shape index (κ2) is 13.5. The van der Waals surface area contributed by atoms with Gasteiger partial charge < -0.3 is 24.7 Å². The molecule has 52 heavy (non-hydrogen) atoms. The standard InChI is InChI=1S/C39H34ClFN6O5/c1-23-18-28(34(43-20-23)46-21-39(22-46)12-16-51-17-13-39)36(48)44-26-9-7-24(8-10-26)38(50)47-15-11-25-19-31(52-33(25)27-4-3-14-42-35(27)47)37(49)45-32-29(40)5-2-6-30(32)41/h2-10,14,18-20H,11-13,15-17,21-22H2,1H3,(H,44,48)(H,45,49). The maximum absolute atomic E-state index is 14.3. The number of benzene rings is 2. The Balaban J connectivity index is 0.976. The summed E-state index contributed by atoms with van der Waals surface area (Å²) in [7, 11) is 0. The van der Waals surface area contributed by atoms with Crippen LogP contribution < -0.4 is 20.4 Å². The molecular formula is C39H34ClFN6O5. The Morgan fingerprint density at radius 1 is 0.923 bits per heavy atom. The first kappa shape index (κ1) is 33.5. The van der Waals surface area contributed by atoms with Crippen molar-refractivity contribution in [2.24, 2.45) is 5.41 Å². The second-order valence-electron chi connectivity index (χ2n) is 13.5. The van der Waals surface area contributed by atoms with Crippen LogP contribution in [-0.2, 0) is 11.2 Å². The topological polar surface area (TPSA) is 130 Å². The number of fused-ring (bicyclic) bond motifs is 3. The molecule has 3 aliphatic heterocycles. The number of rotatable bonds is 6. The lowest BCUT2D eigenvalue weighted by Crippen LogP contribution is -2.59. The first-order chi connectivity index (χ1) is 25.2. The Hall–Kier alpha value is -5.59. The van der Waals surface area contributed by atoms with Crippen LogP contribution in [-0.4, -0.2) is 60.5 Å². The monoisotopic (exact) mass is 720 g/mol. The number of carbonyl (C=O) groups excluding carboxylic acids is 3. The Kier molecular flexibility index (Phi) is 8.72. The maximum Gasteiger partial charge on any atom is 0.291 e. The molecule has 2 fully saturated rings. The summed E-state index contributed by atoms with van der Waals surface area (Å²) in [6.45, 7) is 5.39. The molecule has 0 saturated carbocycles. The van der Waals surface area contributed by atoms with Gasteiger partial charge in [0.25, 0.3) is 17.7 Å². The predicted molar refractivity (Wildman–Crippen MR) is 195 cm³/mol. The van der Waals surface area contributed by atoms with Crippen LogP contribution in [0, 0.1) is 18.2 Å². The highest BCUT2D eigenvalue weighted by atomic mass is 35.5. The van der Waals surface area contributed by atoms with Gasteiger partial charge in [0.2, 0.25) is 0 Å². The van der Waals surface area contributed by atoms with Crippen molar-refractivity contribution in [2.75, 3.05) is 53.3 Å². The Morgan fingerprint density at radius 3 is 2.48 bits per heavy atom. The zero-order valence-corrected chi connectivity index (χ0v) is 29.0. The van der Waals surface area contributed by atoms with Crippen LogP contribution in [0.3, 0.4) is 0 Å². The lowest BCUT2D eigenvalue weighted by atomic mass is 9.73. The van der Waals surface area contributed by atoms with Crippen molar-refractivity contribution in [1.82, 2.24) is 9.97 Å². The summed E-state index contributed by atoms with van der Waals surface area (Å²) in [6, 6.07) is 17.8. The van der Waals surface area contributed by atoms with E-state index in [1.165, 1.54) is 18.2 Å². The number of carbonyl (C=O) groups is 3. The molecule has 6 heterocycles. The average Bonchev–Trinajstić information content (AvgIpc) is 3.51. The largest absolute Gasteiger partial charge is 0.450 e. The van der Waals surface area contributed by atoms with E-state index in [9.17, 15) is 18.8 Å². The van der Waals surface area contributed by atoms with Crippen LogP contribution in [0.4, 0.5) is 27.4 Å². The molecule has 1 spiro atoms. The Labute approximate surface area is 303 Å². The van der Waals surface area contributed by atoms with Crippen LogP contribution in [0.2, 0.25) is 5.02 Å². The molecule has 0 bridgehead atoms. The molecule has 0 aliphatic carbocycles. The van der Waals surface area contributed by atoms with Gasteiger partial charge in [-0.3, -0.25) is 19.3 Å². The van der Waals surface area contributed by atoms with Gasteiger partial charge in [-0.15, -0.1) is 0 Å². The van der Waals surface area contributed by atoms with Crippen molar-refractivity contribution < 1.29 is 27.9 Å². The molecule has 3 aliphatic rings. The lowest BCUT2D eigenvalue weighted by molar-refractivity contribution is -0.000511. The minimum atomic E-state index is -0.670. The van der Waals surface area contributed by atoms with Crippen molar-refractivity contribution in [1.29, 1.82) is 0 Å². The Morgan fingerprint density at radius 2 is 1.71 bits per heavy atom. The van der Waals surface area contributed by atoms with E-state index in [0.717, 1.165) is 44.7 Å². The number of hydrogen-bond acceptors (Lipinski definition) is 8. The predicted octanol–water partition coefficient (Wildman–Crippen LogP) is 7.16. The maximum atomic E-state index is 14.3. The van der Waals surface area contributed by atoms with Gasteiger partial charge in [0, 0.05) is 67.5 Å². The number of halogens is 2. The number of nitrogens with one attached hydrogen (secondary N) is 2. The number of amides is 3. The van der Waals surface area contributed by atoms with Gasteiger partial charge in [0.15, 0.2) is 5.76 Å². The molecule has 0 unspecified atom stereocenters. The minimum absolute atomic E-state index is 0.0294. The number of ether oxygens (including phenoxy) is 1. The highest BCUT2D eigenvalue weighted by Crippen LogP contribution is 2.43. The zero-order valence-electron chi connectivity index (χ0n) is 28.2. The van der Waals surface area contributed by atoms with Gasteiger partial charge in [0.05, 0.1) is 21.8 Å². The summed E-state index contributed by atoms with van der Waals surface area (Å²) in [5.74, 6) is -0.495. The molecule has 0 atom stereocenters. The van der Waals surface area contributed by atoms with Crippen LogP contribution >= 0.6 is 11.6 Å². The first-order valence-electron chi connectivity index (χ1n) is 17.0. The summed E-state index contributed by atoms with van der Waals surface area (Å²) < 4.78 is 25.9. The lowest BCUT2D eigenvalue weighted by Gasteiger charge is -2.53. The molecular weight excluding hydrogens is 687 g/mol. The summed E-state index contributed by atoms with van der Waals surface area (Å²) in [5, 5.41) is 5.53. The van der Waals surface area contributed by atoms with E-state index in [1.54, 1.807) is 59.8 Å². The van der Waals surface area contributed by atoms with Crippen LogP contribution in [0.5, 0.6) is 0 Å². The summed E-state index contributed by atoms with van der Waals surface area (Å²) >= 11 is 6.10. The number of aromatic nitrogens is 2. The van der Waals surface area contributed by atoms with E-state index in [0.29, 0.717) is 51.8 Å². The molecule has 264 valence electrons. The fourth-order valence-electron chi connectivity index (χ4n) is 7.14. The number of anilines is 4. The van der Waals surface area contributed by atoms with Crippen LogP contribution in [0.15, 0.2) is 83.5 Å². The van der Waals surface area contributed by atoms with Crippen molar-refractivity contribution in [2.45, 2.75) is 26.2 Å². The number of nitrogens with zero attached hydrogens (tertiary/aromatic N) is 4. The third kappa shape index (κ3) is 6.28. The molecule has 2 saturated heterocycles. The first-order valence-corrected chi connectivity index (χ1v) is 17.4. The van der Waals surface area contributed by atoms with Crippen LogP contribution in [0.1, 0.15) is 55.2 Å². The van der Waals surface area contributed by atoms with Crippen molar-refractivity contribution in [3.63, 3.8) is 0 Å². The molecule has 2 aromatic carbocycles. The normalized spacial score (nSPS) is 16.0.